The number of amides is 1. The average molecular weight is 471 g/mol. The first kappa shape index (κ1) is 22.5. The maximum atomic E-state index is 13.6. The molecule has 0 spiro atoms. The molecule has 5 rings (SSSR count). The number of aromatic amines is 1. The van der Waals surface area contributed by atoms with Crippen LogP contribution in [0.25, 0.3) is 11.3 Å². The minimum absolute atomic E-state index is 0.147. The third-order valence-electron chi connectivity index (χ3n) is 6.36. The molecule has 0 unspecified atom stereocenters. The fraction of sp³-hybridized carbons (Fsp3) is 0.222. The van der Waals surface area contributed by atoms with E-state index in [0.29, 0.717) is 40.6 Å². The Bertz CT molecular complexity index is 1410. The molecule has 0 saturated carbocycles. The highest BCUT2D eigenvalue weighted by Crippen LogP contribution is 2.47. The molecule has 3 heterocycles. The van der Waals surface area contributed by atoms with Gasteiger partial charge in [-0.1, -0.05) is 18.2 Å². The molecule has 0 bridgehead atoms. The summed E-state index contributed by atoms with van der Waals surface area (Å²) in [7, 11) is 3.16. The maximum Gasteiger partial charge on any atom is 0.273 e. The van der Waals surface area contributed by atoms with Crippen LogP contribution in [0.2, 0.25) is 0 Å². The summed E-state index contributed by atoms with van der Waals surface area (Å²) in [6.07, 6.45) is 3.45. The zero-order chi connectivity index (χ0) is 24.7. The number of carbonyl (C=O) groups excluding carboxylic acids is 1. The van der Waals surface area contributed by atoms with Crippen molar-refractivity contribution in [3.05, 3.63) is 88.4 Å². The fourth-order valence-corrected chi connectivity index (χ4v) is 4.76. The third kappa shape index (κ3) is 3.77. The second kappa shape index (κ2) is 8.79. The first-order chi connectivity index (χ1) is 16.9. The van der Waals surface area contributed by atoms with Crippen LogP contribution in [-0.2, 0) is 6.54 Å². The SMILES string of the molecule is COc1ccc([C@H]2c3c(-c4cc(C)cc(C)c4O)n[nH]c3C(=O)N2Cc2cccnc2)cc1OC. The standard InChI is InChI=1S/C27H26N4O4/c1-15-10-16(2)26(32)19(11-15)23-22-24(30-29-23)27(33)31(14-17-6-5-9-28-13-17)25(22)18-7-8-20(34-3)21(12-18)35-4/h5-13,25,32H,14H2,1-4H3,(H,29,30)/t25-/m0/s1. The van der Waals surface area contributed by atoms with Gasteiger partial charge in [0.15, 0.2) is 11.5 Å². The van der Waals surface area contributed by atoms with Crippen LogP contribution in [0, 0.1) is 13.8 Å². The summed E-state index contributed by atoms with van der Waals surface area (Å²) in [5.74, 6) is 1.13. The molecule has 4 aromatic rings. The molecule has 2 aromatic heterocycles. The Morgan fingerprint density at radius 3 is 2.60 bits per heavy atom. The number of H-pyrrole nitrogens is 1. The number of pyridine rings is 1. The summed E-state index contributed by atoms with van der Waals surface area (Å²) in [5, 5.41) is 18.3. The molecule has 1 amide bonds. The fourth-order valence-electron chi connectivity index (χ4n) is 4.76. The van der Waals surface area contributed by atoms with Crippen molar-refractivity contribution < 1.29 is 19.4 Å². The van der Waals surface area contributed by atoms with Gasteiger partial charge in [-0.25, -0.2) is 0 Å². The number of aryl methyl sites for hydroxylation is 2. The first-order valence-electron chi connectivity index (χ1n) is 11.2. The van der Waals surface area contributed by atoms with Crippen molar-refractivity contribution >= 4 is 5.91 Å². The third-order valence-corrected chi connectivity index (χ3v) is 6.36. The van der Waals surface area contributed by atoms with Crippen LogP contribution < -0.4 is 9.47 Å². The number of benzene rings is 2. The number of nitrogens with zero attached hydrogens (tertiary/aromatic N) is 3. The molecule has 0 radical (unpaired) electrons. The molecule has 1 aliphatic heterocycles. The van der Waals surface area contributed by atoms with E-state index in [4.69, 9.17) is 9.47 Å². The van der Waals surface area contributed by atoms with Crippen LogP contribution in [0.1, 0.15) is 44.3 Å². The van der Waals surface area contributed by atoms with E-state index in [2.05, 4.69) is 15.2 Å². The maximum absolute atomic E-state index is 13.6. The summed E-state index contributed by atoms with van der Waals surface area (Å²) in [6, 6.07) is 12.7. The van der Waals surface area contributed by atoms with Gasteiger partial charge in [0, 0.05) is 30.1 Å². The highest BCUT2D eigenvalue weighted by atomic mass is 16.5. The Hall–Kier alpha value is -4.33. The largest absolute Gasteiger partial charge is 0.507 e. The van der Waals surface area contributed by atoms with E-state index in [0.717, 1.165) is 22.3 Å². The van der Waals surface area contributed by atoms with E-state index >= 15 is 0 Å². The number of methoxy groups -OCH3 is 2. The Morgan fingerprint density at radius 2 is 1.89 bits per heavy atom. The summed E-state index contributed by atoms with van der Waals surface area (Å²) < 4.78 is 11.0. The Balaban J connectivity index is 1.71. The molecule has 0 fully saturated rings. The van der Waals surface area contributed by atoms with Gasteiger partial charge in [0.25, 0.3) is 5.91 Å². The average Bonchev–Trinajstić information content (AvgIpc) is 3.40. The van der Waals surface area contributed by atoms with Crippen molar-refractivity contribution in [1.29, 1.82) is 0 Å². The lowest BCUT2D eigenvalue weighted by atomic mass is 9.93. The van der Waals surface area contributed by atoms with Crippen molar-refractivity contribution in [2.45, 2.75) is 26.4 Å². The second-order valence-corrected chi connectivity index (χ2v) is 8.65. The normalized spacial score (nSPS) is 14.8. The highest BCUT2D eigenvalue weighted by Gasteiger charge is 2.43. The molecule has 0 saturated heterocycles. The number of fused-ring (bicyclic) bond motifs is 1. The summed E-state index contributed by atoms with van der Waals surface area (Å²) >= 11 is 0. The summed E-state index contributed by atoms with van der Waals surface area (Å²) in [4.78, 5) is 19.6. The number of phenolic OH excluding ortho intramolecular Hbond substituents is 1. The number of hydrogen-bond donors (Lipinski definition) is 2. The van der Waals surface area contributed by atoms with Crippen molar-refractivity contribution in [1.82, 2.24) is 20.1 Å². The minimum Gasteiger partial charge on any atom is -0.507 e. The second-order valence-electron chi connectivity index (χ2n) is 8.65. The number of hydrogen-bond acceptors (Lipinski definition) is 6. The van der Waals surface area contributed by atoms with E-state index in [1.807, 2.05) is 56.3 Å². The lowest BCUT2D eigenvalue weighted by Crippen LogP contribution is -2.29. The molecule has 0 aliphatic carbocycles. The van der Waals surface area contributed by atoms with Crippen LogP contribution in [0.3, 0.4) is 0 Å². The lowest BCUT2D eigenvalue weighted by Gasteiger charge is -2.27. The number of ether oxygens (including phenoxy) is 2. The molecule has 178 valence electrons. The molecule has 2 N–H and O–H groups in total. The van der Waals surface area contributed by atoms with Crippen LogP contribution in [0.5, 0.6) is 17.2 Å². The quantitative estimate of drug-likeness (QED) is 0.429. The number of aromatic hydroxyl groups is 1. The predicted octanol–water partition coefficient (Wildman–Crippen LogP) is 4.56. The molecule has 2 aromatic carbocycles. The van der Waals surface area contributed by atoms with Crippen molar-refractivity contribution in [3.63, 3.8) is 0 Å². The number of rotatable bonds is 6. The van der Waals surface area contributed by atoms with Crippen LogP contribution in [-0.4, -0.2) is 45.3 Å². The molecule has 35 heavy (non-hydrogen) atoms. The molecular formula is C27H26N4O4. The molecule has 1 aliphatic rings. The zero-order valence-electron chi connectivity index (χ0n) is 20.0. The van der Waals surface area contributed by atoms with Crippen molar-refractivity contribution in [2.24, 2.45) is 0 Å². The molecule has 8 heteroatoms. The Morgan fingerprint density at radius 1 is 1.09 bits per heavy atom. The van der Waals surface area contributed by atoms with E-state index in [1.165, 1.54) is 0 Å². The van der Waals surface area contributed by atoms with Gasteiger partial charge in [0.2, 0.25) is 0 Å². The summed E-state index contributed by atoms with van der Waals surface area (Å²) in [6.45, 7) is 4.17. The van der Waals surface area contributed by atoms with Gasteiger partial charge in [0.05, 0.1) is 20.3 Å². The van der Waals surface area contributed by atoms with Crippen LogP contribution in [0.4, 0.5) is 0 Å². The van der Waals surface area contributed by atoms with Crippen LogP contribution in [0.15, 0.2) is 54.9 Å². The number of carbonyl (C=O) groups is 1. The smallest absolute Gasteiger partial charge is 0.273 e. The van der Waals surface area contributed by atoms with E-state index in [-0.39, 0.29) is 11.7 Å². The molecular weight excluding hydrogens is 444 g/mol. The van der Waals surface area contributed by atoms with Gasteiger partial charge >= 0.3 is 0 Å². The van der Waals surface area contributed by atoms with Gasteiger partial charge in [-0.2, -0.15) is 5.10 Å². The van der Waals surface area contributed by atoms with Crippen molar-refractivity contribution in [2.75, 3.05) is 14.2 Å². The Kier molecular flexibility index (Phi) is 5.64. The number of phenols is 1. The van der Waals surface area contributed by atoms with Crippen LogP contribution >= 0.6 is 0 Å². The van der Waals surface area contributed by atoms with Gasteiger partial charge in [-0.3, -0.25) is 14.9 Å². The number of nitrogens with one attached hydrogen (secondary N) is 1. The van der Waals surface area contributed by atoms with E-state index in [1.54, 1.807) is 31.5 Å². The van der Waals surface area contributed by atoms with Crippen molar-refractivity contribution in [3.8, 4) is 28.5 Å². The topological polar surface area (TPSA) is 101 Å². The van der Waals surface area contributed by atoms with Gasteiger partial charge < -0.3 is 19.5 Å². The Labute approximate surface area is 203 Å². The first-order valence-corrected chi connectivity index (χ1v) is 11.2. The number of aromatic nitrogens is 3. The molecule has 1 atom stereocenters. The molecule has 8 nitrogen and oxygen atoms in total. The van der Waals surface area contributed by atoms with Gasteiger partial charge in [0.1, 0.15) is 17.1 Å². The summed E-state index contributed by atoms with van der Waals surface area (Å²) in [5.41, 5.74) is 5.73. The van der Waals surface area contributed by atoms with E-state index in [9.17, 15) is 9.90 Å². The zero-order valence-corrected chi connectivity index (χ0v) is 20.0. The van der Waals surface area contributed by atoms with Gasteiger partial charge in [-0.05, 0) is 60.4 Å². The van der Waals surface area contributed by atoms with Gasteiger partial charge in [-0.15, -0.1) is 0 Å². The minimum atomic E-state index is -0.466. The predicted molar refractivity (Wildman–Crippen MR) is 131 cm³/mol. The highest BCUT2D eigenvalue weighted by molar-refractivity contribution is 6.00. The van der Waals surface area contributed by atoms with E-state index < -0.39 is 6.04 Å². The monoisotopic (exact) mass is 470 g/mol. The lowest BCUT2D eigenvalue weighted by molar-refractivity contribution is 0.0729.